The maximum atomic E-state index is 12.8. The zero-order valence-corrected chi connectivity index (χ0v) is 17.9. The Morgan fingerprint density at radius 2 is 2.00 bits per heavy atom. The van der Waals surface area contributed by atoms with Crippen molar-refractivity contribution >= 4 is 40.3 Å². The first-order valence-electron chi connectivity index (χ1n) is 9.46. The highest BCUT2D eigenvalue weighted by atomic mass is 32.1. The number of pyridine rings is 1. The molecular weight excluding hydrogens is 406 g/mol. The monoisotopic (exact) mass is 429 g/mol. The molecule has 3 rings (SSSR count). The van der Waals surface area contributed by atoms with Gasteiger partial charge in [-0.05, 0) is 45.2 Å². The lowest BCUT2D eigenvalue weighted by molar-refractivity contribution is -0.123. The number of ether oxygens (including phenoxy) is 1. The summed E-state index contributed by atoms with van der Waals surface area (Å²) in [6.45, 7) is 6.89. The molecule has 0 unspecified atom stereocenters. The Morgan fingerprint density at radius 3 is 2.63 bits per heavy atom. The van der Waals surface area contributed by atoms with Gasteiger partial charge in [0, 0.05) is 12.1 Å². The van der Waals surface area contributed by atoms with Gasteiger partial charge in [-0.15, -0.1) is 11.3 Å². The van der Waals surface area contributed by atoms with Crippen LogP contribution >= 0.6 is 11.3 Å². The van der Waals surface area contributed by atoms with Crippen molar-refractivity contribution in [2.75, 3.05) is 6.61 Å². The maximum Gasteiger partial charge on any atom is 0.339 e. The lowest BCUT2D eigenvalue weighted by atomic mass is 10.1. The molecule has 0 spiro atoms. The van der Waals surface area contributed by atoms with Crippen LogP contribution in [0.4, 0.5) is 4.79 Å². The van der Waals surface area contributed by atoms with Gasteiger partial charge in [-0.2, -0.15) is 5.10 Å². The number of fused-ring (bicyclic) bond motifs is 1. The number of carbonyl (C=O) groups is 3. The van der Waals surface area contributed by atoms with Crippen LogP contribution in [0.25, 0.3) is 21.6 Å². The van der Waals surface area contributed by atoms with Crippen LogP contribution in [0, 0.1) is 0 Å². The number of thiophene rings is 1. The number of nitrogens with zero attached hydrogens (tertiary/aromatic N) is 3. The van der Waals surface area contributed by atoms with Crippen molar-refractivity contribution in [1.82, 2.24) is 25.4 Å². The first-order chi connectivity index (χ1) is 14.3. The van der Waals surface area contributed by atoms with Crippen LogP contribution in [0.1, 0.15) is 44.1 Å². The summed E-state index contributed by atoms with van der Waals surface area (Å²) in [5.41, 5.74) is 1.44. The van der Waals surface area contributed by atoms with Crippen LogP contribution in [0.3, 0.4) is 0 Å². The summed E-state index contributed by atoms with van der Waals surface area (Å²) in [5, 5.41) is 11.4. The fourth-order valence-electron chi connectivity index (χ4n) is 2.79. The van der Waals surface area contributed by atoms with E-state index in [1.807, 2.05) is 31.4 Å². The number of amides is 3. The molecule has 2 N–H and O–H groups in total. The van der Waals surface area contributed by atoms with Gasteiger partial charge in [-0.1, -0.05) is 6.07 Å². The van der Waals surface area contributed by atoms with Crippen molar-refractivity contribution < 1.29 is 19.1 Å². The van der Waals surface area contributed by atoms with Crippen LogP contribution in [0.15, 0.2) is 29.8 Å². The molecule has 3 aromatic rings. The fraction of sp³-hybridized carbons (Fsp3) is 0.350. The van der Waals surface area contributed by atoms with Crippen LogP contribution in [0.2, 0.25) is 0 Å². The van der Waals surface area contributed by atoms with E-state index in [-0.39, 0.29) is 17.6 Å². The highest BCUT2D eigenvalue weighted by Gasteiger charge is 2.21. The summed E-state index contributed by atoms with van der Waals surface area (Å²) in [4.78, 5) is 41.8. The van der Waals surface area contributed by atoms with Gasteiger partial charge in [0.15, 0.2) is 12.3 Å². The van der Waals surface area contributed by atoms with Crippen molar-refractivity contribution in [3.8, 4) is 10.6 Å². The van der Waals surface area contributed by atoms with Crippen molar-refractivity contribution in [2.45, 2.75) is 39.8 Å². The van der Waals surface area contributed by atoms with E-state index in [1.165, 1.54) is 11.3 Å². The molecule has 0 aromatic carbocycles. The third kappa shape index (κ3) is 4.82. The predicted octanol–water partition coefficient (Wildman–Crippen LogP) is 3.13. The second kappa shape index (κ2) is 9.04. The molecule has 3 heterocycles. The average molecular weight is 430 g/mol. The topological polar surface area (TPSA) is 115 Å². The highest BCUT2D eigenvalue weighted by Crippen LogP contribution is 2.29. The number of esters is 1. The minimum atomic E-state index is -0.719. The van der Waals surface area contributed by atoms with Crippen molar-refractivity contribution in [3.63, 3.8) is 0 Å². The number of urea groups is 1. The van der Waals surface area contributed by atoms with E-state index in [1.54, 1.807) is 30.8 Å². The first-order valence-corrected chi connectivity index (χ1v) is 10.3. The molecule has 9 nitrogen and oxygen atoms in total. The summed E-state index contributed by atoms with van der Waals surface area (Å²) in [7, 11) is 0. The van der Waals surface area contributed by atoms with Gasteiger partial charge in [-0.25, -0.2) is 19.3 Å². The number of imide groups is 1. The minimum Gasteiger partial charge on any atom is -0.452 e. The SMILES string of the molecule is CC(C)NC(=O)NC(=O)COC(=O)c1cc(-c2cccs2)nc2c1cnn2C(C)C. The van der Waals surface area contributed by atoms with Crippen molar-refractivity contribution in [2.24, 2.45) is 0 Å². The molecule has 0 radical (unpaired) electrons. The molecule has 0 fully saturated rings. The van der Waals surface area contributed by atoms with Gasteiger partial charge in [0.1, 0.15) is 0 Å². The molecule has 3 aromatic heterocycles. The standard InChI is InChI=1S/C20H23N5O4S/c1-11(2)22-20(28)24-17(26)10-29-19(27)13-8-15(16-6-5-7-30-16)23-18-14(13)9-21-25(18)12(3)4/h5-9,11-12H,10H2,1-4H3,(H2,22,24,26,28). The second-order valence-electron chi connectivity index (χ2n) is 7.20. The highest BCUT2D eigenvalue weighted by molar-refractivity contribution is 7.13. The summed E-state index contributed by atoms with van der Waals surface area (Å²) in [5.74, 6) is -1.41. The van der Waals surface area contributed by atoms with Crippen LogP contribution in [0.5, 0.6) is 0 Å². The Balaban J connectivity index is 1.84. The van der Waals surface area contributed by atoms with Gasteiger partial charge in [-0.3, -0.25) is 10.1 Å². The van der Waals surface area contributed by atoms with Gasteiger partial charge in [0.25, 0.3) is 5.91 Å². The molecule has 0 aliphatic rings. The number of aromatic nitrogens is 3. The summed E-state index contributed by atoms with van der Waals surface area (Å²) < 4.78 is 6.88. The Morgan fingerprint density at radius 1 is 1.23 bits per heavy atom. The zero-order chi connectivity index (χ0) is 21.8. The molecule has 0 aliphatic carbocycles. The Hall–Kier alpha value is -3.27. The molecule has 10 heteroatoms. The first kappa shape index (κ1) is 21.4. The maximum absolute atomic E-state index is 12.8. The lowest BCUT2D eigenvalue weighted by Gasteiger charge is -2.11. The molecule has 0 saturated carbocycles. The van der Waals surface area contributed by atoms with Crippen LogP contribution < -0.4 is 10.6 Å². The van der Waals surface area contributed by atoms with Crippen LogP contribution in [-0.4, -0.2) is 45.3 Å². The molecule has 0 atom stereocenters. The van der Waals surface area contributed by atoms with Gasteiger partial charge in [0.2, 0.25) is 0 Å². The van der Waals surface area contributed by atoms with Gasteiger partial charge < -0.3 is 10.1 Å². The Kier molecular flexibility index (Phi) is 6.46. The van der Waals surface area contributed by atoms with E-state index in [4.69, 9.17) is 4.74 Å². The summed E-state index contributed by atoms with van der Waals surface area (Å²) >= 11 is 1.50. The number of carbonyl (C=O) groups excluding carboxylic acids is 3. The molecule has 3 amide bonds. The third-order valence-electron chi connectivity index (χ3n) is 4.06. The zero-order valence-electron chi connectivity index (χ0n) is 17.1. The van der Waals surface area contributed by atoms with E-state index >= 15 is 0 Å². The third-order valence-corrected chi connectivity index (χ3v) is 4.95. The lowest BCUT2D eigenvalue weighted by Crippen LogP contribution is -2.44. The van der Waals surface area contributed by atoms with E-state index < -0.39 is 24.5 Å². The average Bonchev–Trinajstić information content (AvgIpc) is 3.34. The van der Waals surface area contributed by atoms with E-state index in [0.717, 1.165) is 4.88 Å². The molecule has 0 bridgehead atoms. The Labute approximate surface area is 177 Å². The minimum absolute atomic E-state index is 0.0442. The van der Waals surface area contributed by atoms with Gasteiger partial charge in [0.05, 0.1) is 27.7 Å². The summed E-state index contributed by atoms with van der Waals surface area (Å²) in [6, 6.07) is 4.71. The quantitative estimate of drug-likeness (QED) is 0.582. The fourth-order valence-corrected chi connectivity index (χ4v) is 3.47. The summed E-state index contributed by atoms with van der Waals surface area (Å²) in [6.07, 6.45) is 1.56. The molecule has 0 saturated heterocycles. The normalized spacial score (nSPS) is 11.1. The van der Waals surface area contributed by atoms with Crippen molar-refractivity contribution in [1.29, 1.82) is 0 Å². The molecule has 30 heavy (non-hydrogen) atoms. The second-order valence-corrected chi connectivity index (χ2v) is 8.15. The number of hydrogen-bond acceptors (Lipinski definition) is 7. The van der Waals surface area contributed by atoms with E-state index in [0.29, 0.717) is 16.7 Å². The number of nitrogens with one attached hydrogen (secondary N) is 2. The van der Waals surface area contributed by atoms with Crippen LogP contribution in [-0.2, 0) is 9.53 Å². The Bertz CT molecular complexity index is 1070. The van der Waals surface area contributed by atoms with E-state index in [2.05, 4.69) is 20.7 Å². The van der Waals surface area contributed by atoms with Gasteiger partial charge >= 0.3 is 12.0 Å². The van der Waals surface area contributed by atoms with E-state index in [9.17, 15) is 14.4 Å². The number of hydrogen-bond donors (Lipinski definition) is 2. The predicted molar refractivity (Wildman–Crippen MR) is 113 cm³/mol. The molecule has 0 aliphatic heterocycles. The van der Waals surface area contributed by atoms with Crippen molar-refractivity contribution in [3.05, 3.63) is 35.3 Å². The number of rotatable bonds is 6. The molecule has 158 valence electrons. The smallest absolute Gasteiger partial charge is 0.339 e. The largest absolute Gasteiger partial charge is 0.452 e. The molecular formula is C20H23N5O4S.